The first kappa shape index (κ1) is 11.0. The van der Waals surface area contributed by atoms with Crippen LogP contribution in [0.25, 0.3) is 0 Å². The summed E-state index contributed by atoms with van der Waals surface area (Å²) in [7, 11) is 0. The van der Waals surface area contributed by atoms with E-state index in [2.05, 4.69) is 9.47 Å². The summed E-state index contributed by atoms with van der Waals surface area (Å²) < 4.78 is 8.59. The predicted octanol–water partition coefficient (Wildman–Crippen LogP) is 1.20. The molecule has 70 valence electrons. The van der Waals surface area contributed by atoms with Gasteiger partial charge in [0.2, 0.25) is 0 Å². The highest BCUT2D eigenvalue weighted by Crippen LogP contribution is 2.01. The zero-order valence-electron chi connectivity index (χ0n) is 6.61. The van der Waals surface area contributed by atoms with Gasteiger partial charge in [0.15, 0.2) is 11.7 Å². The maximum absolute atomic E-state index is 10.6. The van der Waals surface area contributed by atoms with E-state index in [1.807, 2.05) is 0 Å². The Morgan fingerprint density at radius 1 is 1.33 bits per heavy atom. The molecule has 0 aliphatic rings. The van der Waals surface area contributed by atoms with E-state index in [0.29, 0.717) is 0 Å². The van der Waals surface area contributed by atoms with Gasteiger partial charge in [-0.15, -0.1) is 0 Å². The van der Waals surface area contributed by atoms with Gasteiger partial charge in [0, 0.05) is 0 Å². The van der Waals surface area contributed by atoms with Crippen molar-refractivity contribution in [2.45, 2.75) is 25.5 Å². The van der Waals surface area contributed by atoms with Crippen LogP contribution >= 0.6 is 11.6 Å². The number of carbonyl (C=O) groups excluding carboxylic acids is 1. The summed E-state index contributed by atoms with van der Waals surface area (Å²) in [5.74, 6) is -1.24. The zero-order valence-corrected chi connectivity index (χ0v) is 7.37. The van der Waals surface area contributed by atoms with Gasteiger partial charge in [0.05, 0.1) is 0 Å². The van der Waals surface area contributed by atoms with E-state index >= 15 is 0 Å². The number of carboxylic acids is 1. The van der Waals surface area contributed by atoms with Gasteiger partial charge in [-0.2, -0.15) is 0 Å². The fraction of sp³-hybridized carbons (Fsp3) is 0.667. The molecule has 0 aliphatic heterocycles. The molecule has 5 nitrogen and oxygen atoms in total. The van der Waals surface area contributed by atoms with Crippen molar-refractivity contribution in [2.24, 2.45) is 0 Å². The summed E-state index contributed by atoms with van der Waals surface area (Å²) >= 11 is 5.27. The Balaban J connectivity index is 3.77. The first-order valence-corrected chi connectivity index (χ1v) is 3.61. The molecule has 0 saturated carbocycles. The number of alkyl halides is 1. The molecule has 0 saturated heterocycles. The van der Waals surface area contributed by atoms with Crippen LogP contribution in [-0.2, 0) is 14.3 Å². The smallest absolute Gasteiger partial charge is 0.479 e. The van der Waals surface area contributed by atoms with E-state index in [9.17, 15) is 9.59 Å². The second-order valence-corrected chi connectivity index (χ2v) is 2.62. The van der Waals surface area contributed by atoms with Gasteiger partial charge in [0.25, 0.3) is 0 Å². The number of hydrogen-bond acceptors (Lipinski definition) is 4. The Hall–Kier alpha value is -0.970. The lowest BCUT2D eigenvalue weighted by Gasteiger charge is -2.09. The molecule has 0 heterocycles. The first-order valence-electron chi connectivity index (χ1n) is 3.17. The Kier molecular flexibility index (Phi) is 4.43. The number of rotatable bonds is 3. The maximum Gasteiger partial charge on any atom is 0.510 e. The Morgan fingerprint density at radius 3 is 2.17 bits per heavy atom. The monoisotopic (exact) mass is 196 g/mol. The van der Waals surface area contributed by atoms with Crippen LogP contribution in [-0.4, -0.2) is 28.9 Å². The second kappa shape index (κ2) is 4.82. The SMILES string of the molecule is CC(Cl)OC(=O)OC(C)C(=O)O. The summed E-state index contributed by atoms with van der Waals surface area (Å²) in [6.07, 6.45) is -2.32. The van der Waals surface area contributed by atoms with Crippen molar-refractivity contribution in [3.63, 3.8) is 0 Å². The third-order valence-corrected chi connectivity index (χ3v) is 0.968. The van der Waals surface area contributed by atoms with Crippen molar-refractivity contribution in [1.82, 2.24) is 0 Å². The Bertz CT molecular complexity index is 179. The number of carboxylic acid groups (broad SMARTS) is 1. The quantitative estimate of drug-likeness (QED) is 0.542. The summed E-state index contributed by atoms with van der Waals surface area (Å²) in [5.41, 5.74) is -0.835. The normalized spacial score (nSPS) is 14.6. The van der Waals surface area contributed by atoms with Gasteiger partial charge in [0.1, 0.15) is 0 Å². The first-order chi connectivity index (χ1) is 5.43. The lowest BCUT2D eigenvalue weighted by atomic mass is 10.4. The summed E-state index contributed by atoms with van der Waals surface area (Å²) in [4.78, 5) is 20.7. The molecule has 2 unspecified atom stereocenters. The van der Waals surface area contributed by atoms with Gasteiger partial charge in [-0.1, -0.05) is 11.6 Å². The van der Waals surface area contributed by atoms with Crippen molar-refractivity contribution < 1.29 is 24.2 Å². The molecular weight excluding hydrogens is 188 g/mol. The van der Waals surface area contributed by atoms with Crippen molar-refractivity contribution in [3.8, 4) is 0 Å². The van der Waals surface area contributed by atoms with Crippen LogP contribution < -0.4 is 0 Å². The van der Waals surface area contributed by atoms with Gasteiger partial charge < -0.3 is 14.6 Å². The molecule has 0 bridgehead atoms. The molecule has 0 fully saturated rings. The van der Waals surface area contributed by atoms with E-state index in [1.54, 1.807) is 0 Å². The topological polar surface area (TPSA) is 72.8 Å². The Labute approximate surface area is 74.2 Å². The van der Waals surface area contributed by atoms with Crippen LogP contribution in [0.5, 0.6) is 0 Å². The largest absolute Gasteiger partial charge is 0.510 e. The van der Waals surface area contributed by atoms with Crippen molar-refractivity contribution >= 4 is 23.7 Å². The van der Waals surface area contributed by atoms with Crippen molar-refractivity contribution in [3.05, 3.63) is 0 Å². The third-order valence-electron chi connectivity index (χ3n) is 0.879. The number of halogens is 1. The minimum absolute atomic E-state index is 0.835. The van der Waals surface area contributed by atoms with Crippen molar-refractivity contribution in [1.29, 1.82) is 0 Å². The molecule has 0 spiro atoms. The van der Waals surface area contributed by atoms with Gasteiger partial charge in [-0.3, -0.25) is 0 Å². The standard InChI is InChI=1S/C6H9ClO5/c1-3(5(8)9)11-6(10)12-4(2)7/h3-4H,1-2H3,(H,8,9). The fourth-order valence-corrected chi connectivity index (χ4v) is 0.428. The third kappa shape index (κ3) is 4.79. The van der Waals surface area contributed by atoms with E-state index in [1.165, 1.54) is 13.8 Å². The molecule has 0 aliphatic carbocycles. The lowest BCUT2D eigenvalue weighted by Crippen LogP contribution is -2.25. The van der Waals surface area contributed by atoms with Crippen LogP contribution in [0.2, 0.25) is 0 Å². The van der Waals surface area contributed by atoms with E-state index < -0.39 is 23.8 Å². The molecule has 2 atom stereocenters. The number of ether oxygens (including phenoxy) is 2. The van der Waals surface area contributed by atoms with Gasteiger partial charge >= 0.3 is 12.1 Å². The van der Waals surface area contributed by atoms with E-state index in [0.717, 1.165) is 0 Å². The molecule has 0 amide bonds. The van der Waals surface area contributed by atoms with Crippen LogP contribution in [0, 0.1) is 0 Å². The zero-order chi connectivity index (χ0) is 9.72. The predicted molar refractivity (Wildman–Crippen MR) is 40.0 cm³/mol. The van der Waals surface area contributed by atoms with Crippen LogP contribution in [0.1, 0.15) is 13.8 Å². The molecule has 0 aromatic heterocycles. The van der Waals surface area contributed by atoms with Gasteiger partial charge in [-0.25, -0.2) is 9.59 Å². The molecule has 0 rings (SSSR count). The number of hydrogen-bond donors (Lipinski definition) is 1. The average molecular weight is 197 g/mol. The highest BCUT2D eigenvalue weighted by molar-refractivity contribution is 6.19. The molecule has 0 aromatic carbocycles. The number of aliphatic carboxylic acids is 1. The molecule has 0 aromatic rings. The highest BCUT2D eigenvalue weighted by Gasteiger charge is 2.18. The van der Waals surface area contributed by atoms with E-state index in [4.69, 9.17) is 16.7 Å². The molecule has 1 N–H and O–H groups in total. The summed E-state index contributed by atoms with van der Waals surface area (Å²) in [6, 6.07) is 0. The number of carbonyl (C=O) groups is 2. The summed E-state index contributed by atoms with van der Waals surface area (Å²) in [6.45, 7) is 2.62. The van der Waals surface area contributed by atoms with Crippen molar-refractivity contribution in [2.75, 3.05) is 0 Å². The minimum Gasteiger partial charge on any atom is -0.479 e. The minimum atomic E-state index is -1.24. The molecule has 12 heavy (non-hydrogen) atoms. The second-order valence-electron chi connectivity index (χ2n) is 2.01. The van der Waals surface area contributed by atoms with Crippen LogP contribution in [0.3, 0.4) is 0 Å². The Morgan fingerprint density at radius 2 is 1.83 bits per heavy atom. The van der Waals surface area contributed by atoms with Crippen LogP contribution in [0.4, 0.5) is 4.79 Å². The molecule has 6 heteroatoms. The fourth-order valence-electron chi connectivity index (χ4n) is 0.355. The maximum atomic E-state index is 10.6. The molecule has 0 radical (unpaired) electrons. The van der Waals surface area contributed by atoms with E-state index in [-0.39, 0.29) is 0 Å². The average Bonchev–Trinajstić information content (AvgIpc) is 1.84. The van der Waals surface area contributed by atoms with Gasteiger partial charge in [-0.05, 0) is 13.8 Å². The summed E-state index contributed by atoms with van der Waals surface area (Å²) in [5, 5.41) is 8.30. The van der Waals surface area contributed by atoms with Crippen LogP contribution in [0.15, 0.2) is 0 Å². The lowest BCUT2D eigenvalue weighted by molar-refractivity contribution is -0.147. The molecular formula is C6H9ClO5. The highest BCUT2D eigenvalue weighted by atomic mass is 35.5.